The SMILES string of the molecule is NCC(=O)N[C@]1(NC(=O)[C@H](O)CCc2ccccc2)C[C@@H](CC(=O)C2CCCCN2)N(C(=O)O)C1. The lowest BCUT2D eigenvalue weighted by molar-refractivity contribution is -0.133. The van der Waals surface area contributed by atoms with Crippen molar-refractivity contribution >= 4 is 23.7 Å². The van der Waals surface area contributed by atoms with Gasteiger partial charge >= 0.3 is 6.09 Å². The van der Waals surface area contributed by atoms with Gasteiger partial charge in [-0.25, -0.2) is 4.79 Å². The molecule has 2 fully saturated rings. The van der Waals surface area contributed by atoms with Gasteiger partial charge in [-0.15, -0.1) is 0 Å². The number of hydrogen-bond acceptors (Lipinski definition) is 7. The minimum absolute atomic E-state index is 0.0132. The van der Waals surface area contributed by atoms with E-state index >= 15 is 0 Å². The molecule has 2 saturated heterocycles. The van der Waals surface area contributed by atoms with Crippen molar-refractivity contribution in [3.05, 3.63) is 35.9 Å². The summed E-state index contributed by atoms with van der Waals surface area (Å²) in [6.07, 6.45) is 0.522. The van der Waals surface area contributed by atoms with Crippen molar-refractivity contribution in [2.75, 3.05) is 19.6 Å². The number of carbonyl (C=O) groups excluding carboxylic acids is 3. The van der Waals surface area contributed by atoms with Crippen molar-refractivity contribution in [2.45, 2.75) is 68.8 Å². The molecule has 1 unspecified atom stereocenters. The molecule has 0 radical (unpaired) electrons. The number of carboxylic acid groups (broad SMARTS) is 1. The molecule has 3 rings (SSSR count). The molecule has 0 aromatic heterocycles. The molecule has 1 aromatic rings. The Morgan fingerprint density at radius 2 is 1.91 bits per heavy atom. The van der Waals surface area contributed by atoms with Gasteiger partial charge in [0.2, 0.25) is 5.91 Å². The zero-order valence-corrected chi connectivity index (χ0v) is 19.7. The van der Waals surface area contributed by atoms with Crippen LogP contribution in [0.2, 0.25) is 0 Å². The predicted octanol–water partition coefficient (Wildman–Crippen LogP) is -0.279. The van der Waals surface area contributed by atoms with Crippen LogP contribution in [0.3, 0.4) is 0 Å². The number of hydrogen-bond donors (Lipinski definition) is 6. The summed E-state index contributed by atoms with van der Waals surface area (Å²) in [5.41, 5.74) is 4.93. The maximum absolute atomic E-state index is 12.9. The molecule has 0 saturated carbocycles. The van der Waals surface area contributed by atoms with Crippen LogP contribution in [-0.4, -0.2) is 82.3 Å². The number of aliphatic hydroxyl groups is 1. The smallest absolute Gasteiger partial charge is 0.407 e. The number of aryl methyl sites for hydroxylation is 1. The first-order chi connectivity index (χ1) is 16.7. The van der Waals surface area contributed by atoms with Crippen molar-refractivity contribution in [3.8, 4) is 0 Å². The lowest BCUT2D eigenvalue weighted by Crippen LogP contribution is -2.64. The quantitative estimate of drug-likeness (QED) is 0.243. The molecular formula is C24H35N5O6. The summed E-state index contributed by atoms with van der Waals surface area (Å²) in [5, 5.41) is 28.7. The first kappa shape index (κ1) is 26.6. The molecule has 0 aliphatic carbocycles. The fourth-order valence-corrected chi connectivity index (χ4v) is 4.83. The number of piperidine rings is 1. The van der Waals surface area contributed by atoms with Crippen LogP contribution in [0.25, 0.3) is 0 Å². The molecule has 3 amide bonds. The molecule has 2 aliphatic heterocycles. The molecule has 7 N–H and O–H groups in total. The number of nitrogens with two attached hydrogens (primary N) is 1. The normalized spacial score (nSPS) is 25.0. The second kappa shape index (κ2) is 12.1. The third kappa shape index (κ3) is 7.23. The van der Waals surface area contributed by atoms with Gasteiger partial charge in [0, 0.05) is 18.9 Å². The van der Waals surface area contributed by atoms with Crippen LogP contribution in [0.1, 0.15) is 44.1 Å². The molecule has 11 nitrogen and oxygen atoms in total. The van der Waals surface area contributed by atoms with Gasteiger partial charge in [-0.05, 0) is 37.8 Å². The number of carbonyl (C=O) groups is 4. The Labute approximate surface area is 204 Å². The second-order valence-corrected chi connectivity index (χ2v) is 9.31. The Morgan fingerprint density at radius 3 is 2.54 bits per heavy atom. The van der Waals surface area contributed by atoms with E-state index in [1.807, 2.05) is 30.3 Å². The molecule has 4 atom stereocenters. The van der Waals surface area contributed by atoms with Crippen LogP contribution in [0.4, 0.5) is 4.79 Å². The van der Waals surface area contributed by atoms with Gasteiger partial charge in [0.15, 0.2) is 5.78 Å². The van der Waals surface area contributed by atoms with E-state index in [4.69, 9.17) is 5.73 Å². The van der Waals surface area contributed by atoms with Crippen LogP contribution in [0, 0.1) is 0 Å². The number of ketones is 1. The highest BCUT2D eigenvalue weighted by Crippen LogP contribution is 2.29. The van der Waals surface area contributed by atoms with E-state index in [0.717, 1.165) is 29.8 Å². The Balaban J connectivity index is 1.71. The number of likely N-dealkylation sites (tertiary alicyclic amines) is 1. The molecule has 2 aliphatic rings. The van der Waals surface area contributed by atoms with E-state index in [1.54, 1.807) is 0 Å². The van der Waals surface area contributed by atoms with Crippen molar-refractivity contribution < 1.29 is 29.4 Å². The molecule has 0 bridgehead atoms. The summed E-state index contributed by atoms with van der Waals surface area (Å²) in [7, 11) is 0. The summed E-state index contributed by atoms with van der Waals surface area (Å²) in [6, 6.07) is 8.29. The maximum atomic E-state index is 12.9. The number of amides is 3. The number of benzene rings is 1. The van der Waals surface area contributed by atoms with Gasteiger partial charge in [-0.3, -0.25) is 14.4 Å². The average molecular weight is 490 g/mol. The third-order valence-corrected chi connectivity index (χ3v) is 6.63. The molecule has 11 heteroatoms. The molecule has 192 valence electrons. The highest BCUT2D eigenvalue weighted by atomic mass is 16.4. The van der Waals surface area contributed by atoms with Gasteiger partial charge in [0.25, 0.3) is 5.91 Å². The number of rotatable bonds is 10. The van der Waals surface area contributed by atoms with Crippen LogP contribution >= 0.6 is 0 Å². The predicted molar refractivity (Wildman–Crippen MR) is 127 cm³/mol. The van der Waals surface area contributed by atoms with E-state index in [-0.39, 0.29) is 44.2 Å². The summed E-state index contributed by atoms with van der Waals surface area (Å²) in [4.78, 5) is 51.0. The van der Waals surface area contributed by atoms with Crippen molar-refractivity contribution in [3.63, 3.8) is 0 Å². The fraction of sp³-hybridized carbons (Fsp3) is 0.583. The Kier molecular flexibility index (Phi) is 9.19. The number of nitrogens with zero attached hydrogens (tertiary/aromatic N) is 1. The lowest BCUT2D eigenvalue weighted by atomic mass is 9.94. The Morgan fingerprint density at radius 1 is 1.17 bits per heavy atom. The summed E-state index contributed by atoms with van der Waals surface area (Å²) in [6.45, 7) is 0.106. The highest BCUT2D eigenvalue weighted by molar-refractivity contribution is 5.86. The first-order valence-corrected chi connectivity index (χ1v) is 12.0. The number of aliphatic hydroxyl groups excluding tert-OH is 1. The van der Waals surface area contributed by atoms with Crippen LogP contribution in [0.5, 0.6) is 0 Å². The van der Waals surface area contributed by atoms with Gasteiger partial charge in [0.05, 0.1) is 19.1 Å². The Bertz CT molecular complexity index is 907. The second-order valence-electron chi connectivity index (χ2n) is 9.31. The standard InChI is InChI=1S/C24H35N5O6/c25-14-21(32)27-24(28-22(33)19(30)10-9-16-6-2-1-3-7-16)13-17(29(15-24)23(34)35)12-20(31)18-8-4-5-11-26-18/h1-3,6-7,17-19,26,30H,4-5,8-15,25H2,(H,27,32)(H,28,33)(H,34,35)/t17-,18?,19-,24+/m1/s1. The van der Waals surface area contributed by atoms with E-state index in [0.29, 0.717) is 12.8 Å². The summed E-state index contributed by atoms with van der Waals surface area (Å²) in [5.74, 6) is -1.42. The number of Topliss-reactive ketones (excluding diaryl/α,β-unsaturated/α-hetero) is 1. The van der Waals surface area contributed by atoms with E-state index in [1.165, 1.54) is 0 Å². The van der Waals surface area contributed by atoms with E-state index in [9.17, 15) is 29.4 Å². The van der Waals surface area contributed by atoms with Gasteiger partial charge < -0.3 is 36.8 Å². The van der Waals surface area contributed by atoms with Crippen LogP contribution in [0.15, 0.2) is 30.3 Å². The molecular weight excluding hydrogens is 454 g/mol. The van der Waals surface area contributed by atoms with Crippen molar-refractivity contribution in [1.82, 2.24) is 20.9 Å². The Hall–Kier alpha value is -3.02. The van der Waals surface area contributed by atoms with E-state index < -0.39 is 35.7 Å². The third-order valence-electron chi connectivity index (χ3n) is 6.63. The average Bonchev–Trinajstić information content (AvgIpc) is 3.21. The zero-order chi connectivity index (χ0) is 25.4. The van der Waals surface area contributed by atoms with Gasteiger partial charge in [0.1, 0.15) is 11.8 Å². The van der Waals surface area contributed by atoms with E-state index in [2.05, 4.69) is 16.0 Å². The fourth-order valence-electron chi connectivity index (χ4n) is 4.83. The summed E-state index contributed by atoms with van der Waals surface area (Å²) >= 11 is 0. The van der Waals surface area contributed by atoms with Crippen LogP contribution < -0.4 is 21.7 Å². The largest absolute Gasteiger partial charge is 0.465 e. The topological polar surface area (TPSA) is 174 Å². The lowest BCUT2D eigenvalue weighted by Gasteiger charge is -2.32. The number of nitrogens with one attached hydrogen (secondary N) is 3. The van der Waals surface area contributed by atoms with Crippen molar-refractivity contribution in [2.24, 2.45) is 5.73 Å². The first-order valence-electron chi connectivity index (χ1n) is 12.0. The maximum Gasteiger partial charge on any atom is 0.407 e. The van der Waals surface area contributed by atoms with Crippen LogP contribution in [-0.2, 0) is 20.8 Å². The van der Waals surface area contributed by atoms with Gasteiger partial charge in [-0.2, -0.15) is 0 Å². The molecule has 0 spiro atoms. The summed E-state index contributed by atoms with van der Waals surface area (Å²) < 4.78 is 0. The monoisotopic (exact) mass is 489 g/mol. The zero-order valence-electron chi connectivity index (χ0n) is 19.7. The molecule has 35 heavy (non-hydrogen) atoms. The van der Waals surface area contributed by atoms with Gasteiger partial charge in [-0.1, -0.05) is 36.8 Å². The minimum Gasteiger partial charge on any atom is -0.465 e. The highest BCUT2D eigenvalue weighted by Gasteiger charge is 2.49. The van der Waals surface area contributed by atoms with Crippen molar-refractivity contribution in [1.29, 1.82) is 0 Å². The molecule has 2 heterocycles. The molecule has 1 aromatic carbocycles. The minimum atomic E-state index is -1.48.